The van der Waals surface area contributed by atoms with Gasteiger partial charge >= 0.3 is 5.97 Å². The first-order valence-corrected chi connectivity index (χ1v) is 7.24. The first-order valence-electron chi connectivity index (χ1n) is 7.24. The second-order valence-electron chi connectivity index (χ2n) is 4.96. The minimum atomic E-state index is -0.861. The van der Waals surface area contributed by atoms with E-state index < -0.39 is 12.1 Å². The van der Waals surface area contributed by atoms with Crippen LogP contribution in [-0.4, -0.2) is 30.1 Å². The van der Waals surface area contributed by atoms with Gasteiger partial charge in [-0.05, 0) is 25.7 Å². The van der Waals surface area contributed by atoms with Gasteiger partial charge in [-0.2, -0.15) is 0 Å². The summed E-state index contributed by atoms with van der Waals surface area (Å²) < 4.78 is 11.0. The van der Waals surface area contributed by atoms with E-state index in [2.05, 4.69) is 6.92 Å². The Labute approximate surface area is 110 Å². The third-order valence-electron chi connectivity index (χ3n) is 3.30. The van der Waals surface area contributed by atoms with Crippen molar-refractivity contribution < 1.29 is 19.4 Å². The van der Waals surface area contributed by atoms with Gasteiger partial charge in [0.15, 0.2) is 12.4 Å². The van der Waals surface area contributed by atoms with Crippen LogP contribution in [0, 0.1) is 0 Å². The highest BCUT2D eigenvalue weighted by atomic mass is 16.7. The van der Waals surface area contributed by atoms with Crippen molar-refractivity contribution >= 4 is 5.97 Å². The standard InChI is InChI=1S/C14H26O4/c1-2-3-4-5-6-9-12(14(15)16)18-13-10-7-8-11-17-13/h12-13H,2-11H2,1H3,(H,15,16). The predicted molar refractivity (Wildman–Crippen MR) is 69.5 cm³/mol. The van der Waals surface area contributed by atoms with Crippen molar-refractivity contribution in [1.82, 2.24) is 0 Å². The van der Waals surface area contributed by atoms with Crippen LogP contribution < -0.4 is 0 Å². The highest BCUT2D eigenvalue weighted by Gasteiger charge is 2.24. The molecule has 1 fully saturated rings. The van der Waals surface area contributed by atoms with Gasteiger partial charge in [-0.15, -0.1) is 0 Å². The van der Waals surface area contributed by atoms with E-state index in [1.54, 1.807) is 0 Å². The zero-order chi connectivity index (χ0) is 13.2. The summed E-state index contributed by atoms with van der Waals surface area (Å²) in [5.41, 5.74) is 0. The monoisotopic (exact) mass is 258 g/mol. The van der Waals surface area contributed by atoms with E-state index >= 15 is 0 Å². The zero-order valence-corrected chi connectivity index (χ0v) is 11.4. The smallest absolute Gasteiger partial charge is 0.332 e. The summed E-state index contributed by atoms with van der Waals surface area (Å²) in [5.74, 6) is -0.861. The maximum absolute atomic E-state index is 11.1. The van der Waals surface area contributed by atoms with E-state index in [-0.39, 0.29) is 6.29 Å². The lowest BCUT2D eigenvalue weighted by atomic mass is 10.1. The molecule has 0 aliphatic carbocycles. The van der Waals surface area contributed by atoms with Crippen molar-refractivity contribution in [3.05, 3.63) is 0 Å². The molecule has 4 heteroatoms. The number of hydrogen-bond acceptors (Lipinski definition) is 3. The maximum atomic E-state index is 11.1. The van der Waals surface area contributed by atoms with Crippen LogP contribution in [0.4, 0.5) is 0 Å². The van der Waals surface area contributed by atoms with Gasteiger partial charge < -0.3 is 14.6 Å². The fraction of sp³-hybridized carbons (Fsp3) is 0.929. The fourth-order valence-electron chi connectivity index (χ4n) is 2.18. The highest BCUT2D eigenvalue weighted by molar-refractivity contribution is 5.72. The lowest BCUT2D eigenvalue weighted by Gasteiger charge is -2.25. The average Bonchev–Trinajstić information content (AvgIpc) is 2.38. The van der Waals surface area contributed by atoms with Crippen molar-refractivity contribution in [1.29, 1.82) is 0 Å². The van der Waals surface area contributed by atoms with Crippen LogP contribution in [0.5, 0.6) is 0 Å². The number of rotatable bonds is 9. The number of ether oxygens (including phenoxy) is 2. The fourth-order valence-corrected chi connectivity index (χ4v) is 2.18. The minimum Gasteiger partial charge on any atom is -0.479 e. The Bertz CT molecular complexity index is 224. The molecule has 18 heavy (non-hydrogen) atoms. The lowest BCUT2D eigenvalue weighted by Crippen LogP contribution is -2.32. The molecule has 0 spiro atoms. The molecule has 1 aliphatic heterocycles. The Hall–Kier alpha value is -0.610. The van der Waals surface area contributed by atoms with Gasteiger partial charge in [-0.3, -0.25) is 0 Å². The molecule has 0 radical (unpaired) electrons. The van der Waals surface area contributed by atoms with Gasteiger partial charge in [0, 0.05) is 6.61 Å². The molecule has 0 amide bonds. The quantitative estimate of drug-likeness (QED) is 0.644. The van der Waals surface area contributed by atoms with Gasteiger partial charge in [0.25, 0.3) is 0 Å². The van der Waals surface area contributed by atoms with Gasteiger partial charge in [-0.1, -0.05) is 39.0 Å². The summed E-state index contributed by atoms with van der Waals surface area (Å²) in [6.07, 6.45) is 8.14. The Morgan fingerprint density at radius 1 is 1.33 bits per heavy atom. The van der Waals surface area contributed by atoms with E-state index in [4.69, 9.17) is 14.6 Å². The van der Waals surface area contributed by atoms with Crippen molar-refractivity contribution in [2.75, 3.05) is 6.61 Å². The number of unbranched alkanes of at least 4 members (excludes halogenated alkanes) is 4. The second-order valence-corrected chi connectivity index (χ2v) is 4.96. The Balaban J connectivity index is 2.19. The lowest BCUT2D eigenvalue weighted by molar-refractivity contribution is -0.201. The molecule has 1 heterocycles. The summed E-state index contributed by atoms with van der Waals surface area (Å²) in [6, 6.07) is 0. The number of hydrogen-bond donors (Lipinski definition) is 1. The van der Waals surface area contributed by atoms with Crippen LogP contribution in [-0.2, 0) is 14.3 Å². The molecular formula is C14H26O4. The van der Waals surface area contributed by atoms with Crippen molar-refractivity contribution in [3.8, 4) is 0 Å². The van der Waals surface area contributed by atoms with E-state index in [0.29, 0.717) is 13.0 Å². The Morgan fingerprint density at radius 2 is 2.11 bits per heavy atom. The van der Waals surface area contributed by atoms with Crippen LogP contribution in [0.2, 0.25) is 0 Å². The van der Waals surface area contributed by atoms with Gasteiger partial charge in [0.05, 0.1) is 0 Å². The molecule has 1 aliphatic rings. The van der Waals surface area contributed by atoms with Crippen LogP contribution >= 0.6 is 0 Å². The molecule has 1 rings (SSSR count). The van der Waals surface area contributed by atoms with Gasteiger partial charge in [0.2, 0.25) is 0 Å². The molecule has 0 bridgehead atoms. The van der Waals surface area contributed by atoms with E-state index in [1.165, 1.54) is 19.3 Å². The molecule has 2 unspecified atom stereocenters. The number of aliphatic carboxylic acids is 1. The van der Waals surface area contributed by atoms with Crippen molar-refractivity contribution in [2.45, 2.75) is 77.1 Å². The third-order valence-corrected chi connectivity index (χ3v) is 3.30. The van der Waals surface area contributed by atoms with Crippen LogP contribution in [0.3, 0.4) is 0 Å². The molecule has 1 N–H and O–H groups in total. The molecule has 0 aromatic heterocycles. The molecular weight excluding hydrogens is 232 g/mol. The SMILES string of the molecule is CCCCCCCC(OC1CCCCO1)C(=O)O. The predicted octanol–water partition coefficient (Wildman–Crippen LogP) is 3.34. The van der Waals surface area contributed by atoms with Crippen LogP contribution in [0.15, 0.2) is 0 Å². The molecule has 2 atom stereocenters. The summed E-state index contributed by atoms with van der Waals surface area (Å²) in [4.78, 5) is 11.1. The zero-order valence-electron chi connectivity index (χ0n) is 11.4. The molecule has 106 valence electrons. The van der Waals surface area contributed by atoms with Crippen molar-refractivity contribution in [3.63, 3.8) is 0 Å². The summed E-state index contributed by atoms with van der Waals surface area (Å²) in [7, 11) is 0. The first kappa shape index (κ1) is 15.4. The number of carboxylic acids is 1. The van der Waals surface area contributed by atoms with Crippen molar-refractivity contribution in [2.24, 2.45) is 0 Å². The van der Waals surface area contributed by atoms with Gasteiger partial charge in [0.1, 0.15) is 0 Å². The van der Waals surface area contributed by atoms with Crippen LogP contribution in [0.1, 0.15) is 64.7 Å². The Kier molecular flexibility index (Phi) is 8.01. The average molecular weight is 258 g/mol. The molecule has 0 aromatic rings. The second kappa shape index (κ2) is 9.34. The van der Waals surface area contributed by atoms with Crippen LogP contribution in [0.25, 0.3) is 0 Å². The molecule has 1 saturated heterocycles. The minimum absolute atomic E-state index is 0.310. The molecule has 4 nitrogen and oxygen atoms in total. The first-order chi connectivity index (χ1) is 8.74. The topological polar surface area (TPSA) is 55.8 Å². The largest absolute Gasteiger partial charge is 0.479 e. The summed E-state index contributed by atoms with van der Waals surface area (Å²) in [5, 5.41) is 9.13. The van der Waals surface area contributed by atoms with E-state index in [0.717, 1.165) is 32.1 Å². The molecule has 0 aromatic carbocycles. The normalized spacial score (nSPS) is 21.7. The van der Waals surface area contributed by atoms with E-state index in [9.17, 15) is 4.79 Å². The summed E-state index contributed by atoms with van der Waals surface area (Å²) >= 11 is 0. The maximum Gasteiger partial charge on any atom is 0.332 e. The van der Waals surface area contributed by atoms with E-state index in [1.807, 2.05) is 0 Å². The molecule has 0 saturated carbocycles. The van der Waals surface area contributed by atoms with Gasteiger partial charge in [-0.25, -0.2) is 4.79 Å². The highest BCUT2D eigenvalue weighted by Crippen LogP contribution is 2.18. The Morgan fingerprint density at radius 3 is 2.72 bits per heavy atom. The third kappa shape index (κ3) is 6.36. The number of carbonyl (C=O) groups is 1. The summed E-state index contributed by atoms with van der Waals surface area (Å²) in [6.45, 7) is 2.86. The number of carboxylic acid groups (broad SMARTS) is 1.